The summed E-state index contributed by atoms with van der Waals surface area (Å²) in [4.78, 5) is 19.1. The highest BCUT2D eigenvalue weighted by molar-refractivity contribution is 5.93. The quantitative estimate of drug-likeness (QED) is 0.361. The van der Waals surface area contributed by atoms with Gasteiger partial charge in [-0.25, -0.2) is 0 Å². The fourth-order valence-corrected chi connectivity index (χ4v) is 9.09. The molecule has 6 heteroatoms. The van der Waals surface area contributed by atoms with Crippen LogP contribution < -0.4 is 0 Å². The van der Waals surface area contributed by atoms with E-state index in [0.29, 0.717) is 25.0 Å². The number of carbonyl (C=O) groups is 1. The largest absolute Gasteiger partial charge is 0.466 e. The minimum atomic E-state index is -0.349. The molecule has 2 bridgehead atoms. The Hall–Kier alpha value is -1.85. The van der Waals surface area contributed by atoms with Gasteiger partial charge < -0.3 is 14.1 Å². The lowest BCUT2D eigenvalue weighted by Gasteiger charge is -2.64. The molecule has 188 valence electrons. The molecule has 4 aliphatic rings. The standard InChI is InChI=1S/C28H42N2O4/c1-7-32-24(31)27(6)12-8-11-26(5)21(27)10-14-28-15-23(25(4,17-28)13-9-22(26)28)30-33-16-20-18(2)29-34-19(20)3/h21-22H,7-17H2,1-6H3/b30-23+/t21-,22-,25-,26+,27+,28-/m0/s1. The van der Waals surface area contributed by atoms with Crippen molar-refractivity contribution in [3.63, 3.8) is 0 Å². The highest BCUT2D eigenvalue weighted by Crippen LogP contribution is 2.73. The second-order valence-corrected chi connectivity index (χ2v) is 12.6. The predicted octanol–water partition coefficient (Wildman–Crippen LogP) is 6.53. The normalized spacial score (nSPS) is 42.2. The second kappa shape index (κ2) is 8.09. The van der Waals surface area contributed by atoms with Crippen molar-refractivity contribution in [2.45, 2.75) is 106 Å². The fraction of sp³-hybridized carbons (Fsp3) is 0.821. The van der Waals surface area contributed by atoms with Crippen molar-refractivity contribution < 1.29 is 18.9 Å². The first-order valence-electron chi connectivity index (χ1n) is 13.4. The number of rotatable bonds is 5. The minimum Gasteiger partial charge on any atom is -0.466 e. The summed E-state index contributed by atoms with van der Waals surface area (Å²) < 4.78 is 10.9. The summed E-state index contributed by atoms with van der Waals surface area (Å²) in [6.07, 6.45) is 10.2. The van der Waals surface area contributed by atoms with Crippen LogP contribution in [0.1, 0.15) is 102 Å². The first-order valence-corrected chi connectivity index (χ1v) is 13.4. The van der Waals surface area contributed by atoms with Gasteiger partial charge >= 0.3 is 5.97 Å². The number of fused-ring (bicyclic) bond motifs is 3. The Morgan fingerprint density at radius 3 is 2.59 bits per heavy atom. The van der Waals surface area contributed by atoms with Crippen molar-refractivity contribution in [1.82, 2.24) is 5.16 Å². The minimum absolute atomic E-state index is 0.0314. The molecule has 1 aromatic heterocycles. The van der Waals surface area contributed by atoms with Crippen molar-refractivity contribution in [2.75, 3.05) is 6.61 Å². The molecule has 0 N–H and O–H groups in total. The smallest absolute Gasteiger partial charge is 0.312 e. The number of ether oxygens (including phenoxy) is 1. The maximum atomic E-state index is 13.1. The zero-order valence-electron chi connectivity index (χ0n) is 22.0. The van der Waals surface area contributed by atoms with Gasteiger partial charge in [-0.3, -0.25) is 4.79 Å². The Labute approximate surface area is 204 Å². The molecule has 0 aromatic carbocycles. The fourth-order valence-electron chi connectivity index (χ4n) is 9.09. The van der Waals surface area contributed by atoms with E-state index < -0.39 is 0 Å². The van der Waals surface area contributed by atoms with Crippen LogP contribution in [0.25, 0.3) is 0 Å². The summed E-state index contributed by atoms with van der Waals surface area (Å²) in [5.41, 5.74) is 3.37. The number of aromatic nitrogens is 1. The molecule has 1 aromatic rings. The summed E-state index contributed by atoms with van der Waals surface area (Å²) in [7, 11) is 0. The van der Waals surface area contributed by atoms with Gasteiger partial charge in [0.15, 0.2) is 0 Å². The summed E-state index contributed by atoms with van der Waals surface area (Å²) in [6, 6.07) is 0. The van der Waals surface area contributed by atoms with Crippen LogP contribution in [-0.2, 0) is 21.0 Å². The maximum Gasteiger partial charge on any atom is 0.312 e. The van der Waals surface area contributed by atoms with E-state index in [9.17, 15) is 4.79 Å². The Morgan fingerprint density at radius 2 is 1.88 bits per heavy atom. The molecule has 0 saturated heterocycles. The molecule has 34 heavy (non-hydrogen) atoms. The van der Waals surface area contributed by atoms with E-state index in [0.717, 1.165) is 49.1 Å². The van der Waals surface area contributed by atoms with Crippen LogP contribution in [-0.4, -0.2) is 23.4 Å². The van der Waals surface area contributed by atoms with Gasteiger partial charge in [0.05, 0.1) is 29.0 Å². The lowest BCUT2D eigenvalue weighted by molar-refractivity contribution is -0.187. The lowest BCUT2D eigenvalue weighted by Crippen LogP contribution is -2.58. The van der Waals surface area contributed by atoms with Crippen LogP contribution in [0.3, 0.4) is 0 Å². The summed E-state index contributed by atoms with van der Waals surface area (Å²) >= 11 is 0. The van der Waals surface area contributed by atoms with Gasteiger partial charge in [0, 0.05) is 5.41 Å². The molecule has 4 aliphatic carbocycles. The van der Waals surface area contributed by atoms with Crippen LogP contribution in [0.15, 0.2) is 9.68 Å². The third kappa shape index (κ3) is 3.37. The van der Waals surface area contributed by atoms with Crippen LogP contribution >= 0.6 is 0 Å². The van der Waals surface area contributed by atoms with Crippen LogP contribution in [0.5, 0.6) is 0 Å². The summed E-state index contributed by atoms with van der Waals surface area (Å²) in [6.45, 7) is 13.8. The van der Waals surface area contributed by atoms with Crippen molar-refractivity contribution in [2.24, 2.45) is 38.7 Å². The number of esters is 1. The highest BCUT2D eigenvalue weighted by atomic mass is 16.6. The van der Waals surface area contributed by atoms with Crippen LogP contribution in [0.4, 0.5) is 0 Å². The second-order valence-electron chi connectivity index (χ2n) is 12.6. The van der Waals surface area contributed by atoms with E-state index in [1.807, 2.05) is 20.8 Å². The maximum absolute atomic E-state index is 13.1. The molecule has 1 spiro atoms. The third-order valence-electron chi connectivity index (χ3n) is 10.7. The van der Waals surface area contributed by atoms with Gasteiger partial charge in [0.25, 0.3) is 0 Å². The van der Waals surface area contributed by atoms with Crippen LogP contribution in [0, 0.1) is 47.3 Å². The molecule has 0 unspecified atom stereocenters. The Balaban J connectivity index is 1.39. The molecule has 6 atom stereocenters. The SMILES string of the molecule is CCOC(=O)[C@]1(C)CCC[C@@]2(C)[C@@H]3CC[C@@]4(C)C[C@]3(CC[C@@H]21)C/C4=N\OCc1c(C)noc1C. The first kappa shape index (κ1) is 23.9. The monoisotopic (exact) mass is 470 g/mol. The number of oxime groups is 1. The van der Waals surface area contributed by atoms with E-state index in [1.165, 1.54) is 31.4 Å². The average molecular weight is 471 g/mol. The Bertz CT molecular complexity index is 981. The molecule has 4 saturated carbocycles. The van der Waals surface area contributed by atoms with E-state index in [1.54, 1.807) is 0 Å². The van der Waals surface area contributed by atoms with Crippen molar-refractivity contribution in [3.05, 3.63) is 17.0 Å². The number of carbonyl (C=O) groups excluding carboxylic acids is 1. The van der Waals surface area contributed by atoms with Gasteiger partial charge in [-0.15, -0.1) is 0 Å². The van der Waals surface area contributed by atoms with Crippen molar-refractivity contribution in [1.29, 1.82) is 0 Å². The van der Waals surface area contributed by atoms with E-state index in [-0.39, 0.29) is 27.6 Å². The Morgan fingerprint density at radius 1 is 1.12 bits per heavy atom. The molecule has 0 amide bonds. The first-order chi connectivity index (χ1) is 16.1. The molecule has 1 heterocycles. The molecule has 4 fully saturated rings. The van der Waals surface area contributed by atoms with E-state index in [4.69, 9.17) is 19.3 Å². The summed E-state index contributed by atoms with van der Waals surface area (Å²) in [5.74, 6) is 1.88. The van der Waals surface area contributed by atoms with Gasteiger partial charge in [-0.05, 0) is 102 Å². The molecule has 6 nitrogen and oxygen atoms in total. The zero-order chi connectivity index (χ0) is 24.4. The number of nitrogens with zero attached hydrogens (tertiary/aromatic N) is 2. The van der Waals surface area contributed by atoms with Gasteiger partial charge in [0.1, 0.15) is 12.4 Å². The molecular weight excluding hydrogens is 428 g/mol. The Kier molecular flexibility index (Phi) is 5.68. The highest BCUT2D eigenvalue weighted by Gasteiger charge is 2.67. The van der Waals surface area contributed by atoms with Crippen molar-refractivity contribution >= 4 is 11.7 Å². The van der Waals surface area contributed by atoms with Gasteiger partial charge in [-0.2, -0.15) is 0 Å². The third-order valence-corrected chi connectivity index (χ3v) is 10.7. The molecular formula is C28H42N2O4. The number of hydrogen-bond acceptors (Lipinski definition) is 6. The topological polar surface area (TPSA) is 73.9 Å². The van der Waals surface area contributed by atoms with E-state index in [2.05, 4.69) is 25.9 Å². The number of aryl methyl sites for hydroxylation is 2. The molecule has 5 rings (SSSR count). The van der Waals surface area contributed by atoms with E-state index >= 15 is 0 Å². The summed E-state index contributed by atoms with van der Waals surface area (Å²) in [5, 5.41) is 8.79. The van der Waals surface area contributed by atoms with Gasteiger partial charge in [0.2, 0.25) is 0 Å². The zero-order valence-corrected chi connectivity index (χ0v) is 22.0. The van der Waals surface area contributed by atoms with Crippen molar-refractivity contribution in [3.8, 4) is 0 Å². The lowest BCUT2D eigenvalue weighted by atomic mass is 9.40. The van der Waals surface area contributed by atoms with Gasteiger partial charge in [-0.1, -0.05) is 30.6 Å². The molecule has 0 radical (unpaired) electrons. The average Bonchev–Trinajstić information content (AvgIpc) is 3.20. The predicted molar refractivity (Wildman–Crippen MR) is 130 cm³/mol. The van der Waals surface area contributed by atoms with Crippen LogP contribution in [0.2, 0.25) is 0 Å². The molecule has 0 aliphatic heterocycles. The number of hydrogen-bond donors (Lipinski definition) is 0.